The van der Waals surface area contributed by atoms with Crippen LogP contribution in [0.4, 0.5) is 0 Å². The molecular formula is C15H20N2O2. The molecule has 4 nitrogen and oxygen atoms in total. The monoisotopic (exact) mass is 260 g/mol. The van der Waals surface area contributed by atoms with Crippen LogP contribution < -0.4 is 10.1 Å². The van der Waals surface area contributed by atoms with E-state index < -0.39 is 6.10 Å². The van der Waals surface area contributed by atoms with Gasteiger partial charge < -0.3 is 15.2 Å². The molecule has 1 aliphatic rings. The van der Waals surface area contributed by atoms with Gasteiger partial charge in [-0.2, -0.15) is 5.26 Å². The molecule has 1 aliphatic carbocycles. The van der Waals surface area contributed by atoms with Crippen LogP contribution in [0.5, 0.6) is 5.75 Å². The average Bonchev–Trinajstić information content (AvgIpc) is 3.14. The van der Waals surface area contributed by atoms with Gasteiger partial charge in [0.05, 0.1) is 11.6 Å². The Labute approximate surface area is 114 Å². The first-order valence-corrected chi connectivity index (χ1v) is 6.63. The van der Waals surface area contributed by atoms with Gasteiger partial charge in [-0.3, -0.25) is 0 Å². The molecule has 2 rings (SSSR count). The summed E-state index contributed by atoms with van der Waals surface area (Å²) >= 11 is 0. The van der Waals surface area contributed by atoms with E-state index in [1.54, 1.807) is 24.3 Å². The predicted octanol–water partition coefficient (Wildman–Crippen LogP) is 1.69. The largest absolute Gasteiger partial charge is 0.491 e. The zero-order valence-electron chi connectivity index (χ0n) is 11.2. The number of nitriles is 1. The summed E-state index contributed by atoms with van der Waals surface area (Å²) in [7, 11) is 0. The number of ether oxygens (including phenoxy) is 1. The Morgan fingerprint density at radius 3 is 3.00 bits per heavy atom. The number of aliphatic hydroxyl groups excluding tert-OH is 1. The van der Waals surface area contributed by atoms with Gasteiger partial charge in [0.2, 0.25) is 0 Å². The van der Waals surface area contributed by atoms with Crippen LogP contribution in [0.1, 0.15) is 25.3 Å². The highest BCUT2D eigenvalue weighted by Gasteiger charge is 2.36. The molecule has 0 aliphatic heterocycles. The summed E-state index contributed by atoms with van der Waals surface area (Å²) in [5, 5.41) is 21.8. The summed E-state index contributed by atoms with van der Waals surface area (Å²) in [4.78, 5) is 0. The fourth-order valence-corrected chi connectivity index (χ4v) is 1.84. The number of hydrogen-bond donors (Lipinski definition) is 2. The zero-order valence-corrected chi connectivity index (χ0v) is 11.2. The minimum Gasteiger partial charge on any atom is -0.491 e. The molecule has 0 bridgehead atoms. The lowest BCUT2D eigenvalue weighted by Crippen LogP contribution is -2.34. The van der Waals surface area contributed by atoms with Crippen molar-refractivity contribution in [1.29, 1.82) is 5.26 Å². The van der Waals surface area contributed by atoms with Crippen molar-refractivity contribution in [3.05, 3.63) is 29.8 Å². The first-order chi connectivity index (χ1) is 9.11. The third-order valence-electron chi connectivity index (χ3n) is 3.44. The predicted molar refractivity (Wildman–Crippen MR) is 72.9 cm³/mol. The minimum atomic E-state index is -0.534. The van der Waals surface area contributed by atoms with Crippen LogP contribution in [-0.4, -0.2) is 30.9 Å². The van der Waals surface area contributed by atoms with Crippen molar-refractivity contribution in [3.8, 4) is 11.8 Å². The van der Waals surface area contributed by atoms with E-state index in [-0.39, 0.29) is 6.61 Å². The van der Waals surface area contributed by atoms with Gasteiger partial charge in [0.15, 0.2) is 0 Å². The first-order valence-electron chi connectivity index (χ1n) is 6.63. The smallest absolute Gasteiger partial charge is 0.120 e. The number of nitrogens with zero attached hydrogens (tertiary/aromatic N) is 1. The lowest BCUT2D eigenvalue weighted by Gasteiger charge is -2.15. The molecule has 19 heavy (non-hydrogen) atoms. The van der Waals surface area contributed by atoms with Crippen molar-refractivity contribution in [3.63, 3.8) is 0 Å². The molecule has 0 spiro atoms. The maximum absolute atomic E-state index is 9.80. The molecule has 4 heteroatoms. The van der Waals surface area contributed by atoms with E-state index in [4.69, 9.17) is 10.00 Å². The van der Waals surface area contributed by atoms with Crippen molar-refractivity contribution in [2.75, 3.05) is 19.7 Å². The molecule has 1 aromatic carbocycles. The highest BCUT2D eigenvalue weighted by atomic mass is 16.5. The third kappa shape index (κ3) is 4.55. The van der Waals surface area contributed by atoms with E-state index in [1.807, 2.05) is 0 Å². The maximum Gasteiger partial charge on any atom is 0.120 e. The molecule has 0 heterocycles. The number of nitrogens with one attached hydrogen (secondary N) is 1. The molecule has 1 atom stereocenters. The second-order valence-corrected chi connectivity index (χ2v) is 5.55. The zero-order chi connectivity index (χ0) is 13.7. The van der Waals surface area contributed by atoms with Gasteiger partial charge in [0.25, 0.3) is 0 Å². The number of aliphatic hydroxyl groups is 1. The van der Waals surface area contributed by atoms with Gasteiger partial charge in [0.1, 0.15) is 18.5 Å². The molecule has 1 unspecified atom stereocenters. The van der Waals surface area contributed by atoms with Crippen molar-refractivity contribution in [2.45, 2.75) is 25.9 Å². The summed E-state index contributed by atoms with van der Waals surface area (Å²) in [6.07, 6.45) is 2.01. The Morgan fingerprint density at radius 1 is 1.53 bits per heavy atom. The summed E-state index contributed by atoms with van der Waals surface area (Å²) in [6.45, 7) is 3.97. The lowest BCUT2D eigenvalue weighted by atomic mass is 10.1. The lowest BCUT2D eigenvalue weighted by molar-refractivity contribution is 0.105. The third-order valence-corrected chi connectivity index (χ3v) is 3.44. The Kier molecular flexibility index (Phi) is 4.41. The van der Waals surface area contributed by atoms with Gasteiger partial charge in [-0.25, -0.2) is 0 Å². The SMILES string of the molecule is CC1(CNCC(O)COc2cccc(C#N)c2)CC1. The van der Waals surface area contributed by atoms with E-state index >= 15 is 0 Å². The van der Waals surface area contributed by atoms with Crippen molar-refractivity contribution < 1.29 is 9.84 Å². The van der Waals surface area contributed by atoms with Crippen molar-refractivity contribution >= 4 is 0 Å². The van der Waals surface area contributed by atoms with Gasteiger partial charge in [-0.05, 0) is 36.5 Å². The molecule has 1 saturated carbocycles. The highest BCUT2D eigenvalue weighted by molar-refractivity contribution is 5.36. The first kappa shape index (κ1) is 13.9. The fourth-order valence-electron chi connectivity index (χ4n) is 1.84. The van der Waals surface area contributed by atoms with Gasteiger partial charge >= 0.3 is 0 Å². The van der Waals surface area contributed by atoms with Gasteiger partial charge in [-0.15, -0.1) is 0 Å². The van der Waals surface area contributed by atoms with Crippen LogP contribution in [0, 0.1) is 16.7 Å². The molecule has 0 saturated heterocycles. The van der Waals surface area contributed by atoms with Crippen LogP contribution >= 0.6 is 0 Å². The molecule has 2 N–H and O–H groups in total. The summed E-state index contributed by atoms with van der Waals surface area (Å²) in [6, 6.07) is 9.01. The molecule has 0 amide bonds. The molecule has 1 aromatic rings. The van der Waals surface area contributed by atoms with E-state index in [0.29, 0.717) is 23.3 Å². The molecular weight excluding hydrogens is 240 g/mol. The van der Waals surface area contributed by atoms with E-state index in [1.165, 1.54) is 12.8 Å². The normalized spacial score (nSPS) is 17.5. The van der Waals surface area contributed by atoms with Crippen LogP contribution in [0.2, 0.25) is 0 Å². The second-order valence-electron chi connectivity index (χ2n) is 5.55. The van der Waals surface area contributed by atoms with Crippen molar-refractivity contribution in [2.24, 2.45) is 5.41 Å². The summed E-state index contributed by atoms with van der Waals surface area (Å²) < 4.78 is 5.47. The number of rotatable bonds is 7. The molecule has 0 radical (unpaired) electrons. The summed E-state index contributed by atoms with van der Waals surface area (Å²) in [5.74, 6) is 0.618. The minimum absolute atomic E-state index is 0.235. The standard InChI is InChI=1S/C15H20N2O2/c1-15(5-6-15)11-17-9-13(18)10-19-14-4-2-3-12(7-14)8-16/h2-4,7,13,17-18H,5-6,9-11H2,1H3. The van der Waals surface area contributed by atoms with Crippen molar-refractivity contribution in [1.82, 2.24) is 5.32 Å². The van der Waals surface area contributed by atoms with Crippen LogP contribution in [0.3, 0.4) is 0 Å². The molecule has 1 fully saturated rings. The maximum atomic E-state index is 9.80. The van der Waals surface area contributed by atoms with Gasteiger partial charge in [-0.1, -0.05) is 13.0 Å². The van der Waals surface area contributed by atoms with E-state index in [2.05, 4.69) is 18.3 Å². The topological polar surface area (TPSA) is 65.3 Å². The van der Waals surface area contributed by atoms with E-state index in [0.717, 1.165) is 6.54 Å². The van der Waals surface area contributed by atoms with Crippen LogP contribution in [-0.2, 0) is 0 Å². The molecule has 0 aromatic heterocycles. The number of hydrogen-bond acceptors (Lipinski definition) is 4. The Balaban J connectivity index is 1.67. The number of benzene rings is 1. The Hall–Kier alpha value is -1.57. The van der Waals surface area contributed by atoms with E-state index in [9.17, 15) is 5.11 Å². The summed E-state index contributed by atoms with van der Waals surface area (Å²) in [5.41, 5.74) is 1.01. The Morgan fingerprint density at radius 2 is 2.32 bits per heavy atom. The quantitative estimate of drug-likeness (QED) is 0.783. The average molecular weight is 260 g/mol. The van der Waals surface area contributed by atoms with Crippen LogP contribution in [0.15, 0.2) is 24.3 Å². The highest BCUT2D eigenvalue weighted by Crippen LogP contribution is 2.43. The van der Waals surface area contributed by atoms with Crippen LogP contribution in [0.25, 0.3) is 0 Å². The molecule has 102 valence electrons. The second kappa shape index (κ2) is 6.05. The Bertz CT molecular complexity index is 463. The van der Waals surface area contributed by atoms with Gasteiger partial charge in [0, 0.05) is 13.1 Å². The fraction of sp³-hybridized carbons (Fsp3) is 0.533.